The molecule has 0 fully saturated rings. The van der Waals surface area contributed by atoms with Gasteiger partial charge in [-0.25, -0.2) is 5.10 Å². The maximum absolute atomic E-state index is 11.8. The minimum Gasteiger partial charge on any atom is -0.466 e. The quantitative estimate of drug-likeness (QED) is 0.837. The van der Waals surface area contributed by atoms with Crippen LogP contribution in [-0.4, -0.2) is 28.2 Å². The van der Waals surface area contributed by atoms with Gasteiger partial charge in [0.15, 0.2) is 0 Å². The summed E-state index contributed by atoms with van der Waals surface area (Å²) in [4.78, 5) is 15.7. The van der Waals surface area contributed by atoms with Gasteiger partial charge < -0.3 is 9.15 Å². The molecule has 7 nitrogen and oxygen atoms in total. The van der Waals surface area contributed by atoms with Gasteiger partial charge >= 0.3 is 6.01 Å². The first-order valence-corrected chi connectivity index (χ1v) is 4.95. The fourth-order valence-electron chi connectivity index (χ4n) is 1.42. The van der Waals surface area contributed by atoms with Crippen LogP contribution in [0.5, 0.6) is 6.01 Å². The monoisotopic (exact) mass is 236 g/mol. The molecule has 0 aliphatic rings. The predicted octanol–water partition coefficient (Wildman–Crippen LogP) is 1.28. The lowest BCUT2D eigenvalue weighted by Crippen LogP contribution is -2.13. The number of anilines is 1. The van der Waals surface area contributed by atoms with Crippen LogP contribution in [0.4, 0.5) is 5.95 Å². The maximum Gasteiger partial charge on any atom is 0.336 e. The number of furan rings is 1. The normalized spacial score (nSPS) is 10.3. The lowest BCUT2D eigenvalue weighted by molar-refractivity contribution is 0.102. The average molecular weight is 236 g/mol. The highest BCUT2D eigenvalue weighted by molar-refractivity contribution is 6.04. The highest BCUT2D eigenvalue weighted by Gasteiger charge is 2.15. The zero-order valence-electron chi connectivity index (χ0n) is 9.70. The molecule has 90 valence electrons. The smallest absolute Gasteiger partial charge is 0.336 e. The van der Waals surface area contributed by atoms with E-state index in [2.05, 4.69) is 20.5 Å². The molecular formula is C10H12N4O3. The number of hydrogen-bond donors (Lipinski definition) is 2. The molecule has 0 bridgehead atoms. The molecule has 0 aliphatic heterocycles. The average Bonchev–Trinajstić information content (AvgIpc) is 2.85. The number of ether oxygens (including phenoxy) is 1. The van der Waals surface area contributed by atoms with Crippen molar-refractivity contribution in [3.8, 4) is 6.01 Å². The van der Waals surface area contributed by atoms with Gasteiger partial charge in [0.2, 0.25) is 5.95 Å². The van der Waals surface area contributed by atoms with E-state index >= 15 is 0 Å². The van der Waals surface area contributed by atoms with Crippen molar-refractivity contribution in [2.75, 3.05) is 12.4 Å². The first-order valence-electron chi connectivity index (χ1n) is 4.95. The van der Waals surface area contributed by atoms with Crippen molar-refractivity contribution in [3.63, 3.8) is 0 Å². The number of hydrogen-bond acceptors (Lipinski definition) is 5. The number of carbonyl (C=O) groups is 1. The van der Waals surface area contributed by atoms with Gasteiger partial charge in [-0.15, -0.1) is 5.10 Å². The highest BCUT2D eigenvalue weighted by Crippen LogP contribution is 2.15. The summed E-state index contributed by atoms with van der Waals surface area (Å²) in [5, 5.41) is 8.81. The van der Waals surface area contributed by atoms with Crippen molar-refractivity contribution in [1.29, 1.82) is 0 Å². The van der Waals surface area contributed by atoms with Gasteiger partial charge in [0.1, 0.15) is 11.5 Å². The number of methoxy groups -OCH3 is 1. The topological polar surface area (TPSA) is 93.0 Å². The Balaban J connectivity index is 2.14. The van der Waals surface area contributed by atoms with Crippen LogP contribution in [0, 0.1) is 13.8 Å². The maximum atomic E-state index is 11.8. The predicted molar refractivity (Wildman–Crippen MR) is 59.1 cm³/mol. The number of amides is 1. The molecule has 2 rings (SSSR count). The molecular weight excluding hydrogens is 224 g/mol. The van der Waals surface area contributed by atoms with E-state index in [1.165, 1.54) is 7.11 Å². The fourth-order valence-corrected chi connectivity index (χ4v) is 1.42. The number of rotatable bonds is 3. The minimum absolute atomic E-state index is 0.167. The molecule has 7 heteroatoms. The van der Waals surface area contributed by atoms with Crippen LogP contribution in [-0.2, 0) is 0 Å². The van der Waals surface area contributed by atoms with Gasteiger partial charge in [0.25, 0.3) is 5.91 Å². The van der Waals surface area contributed by atoms with Crippen molar-refractivity contribution >= 4 is 11.9 Å². The summed E-state index contributed by atoms with van der Waals surface area (Å²) < 4.78 is 10.1. The number of carbonyl (C=O) groups excluding carboxylic acids is 1. The van der Waals surface area contributed by atoms with Crippen molar-refractivity contribution in [2.24, 2.45) is 0 Å². The molecule has 0 aromatic carbocycles. The molecule has 0 unspecified atom stereocenters. The van der Waals surface area contributed by atoms with Gasteiger partial charge in [0, 0.05) is 0 Å². The van der Waals surface area contributed by atoms with Crippen LogP contribution < -0.4 is 10.1 Å². The Morgan fingerprint density at radius 2 is 2.29 bits per heavy atom. The Labute approximate surface area is 97.2 Å². The number of H-pyrrole nitrogens is 1. The van der Waals surface area contributed by atoms with E-state index < -0.39 is 0 Å². The molecule has 0 saturated heterocycles. The van der Waals surface area contributed by atoms with E-state index in [0.717, 1.165) is 0 Å². The summed E-state index contributed by atoms with van der Waals surface area (Å²) in [6, 6.07) is 1.83. The third-order valence-corrected chi connectivity index (χ3v) is 2.17. The van der Waals surface area contributed by atoms with E-state index in [4.69, 9.17) is 9.15 Å². The van der Waals surface area contributed by atoms with Crippen LogP contribution in [0.1, 0.15) is 21.9 Å². The molecule has 2 N–H and O–H groups in total. The molecule has 0 radical (unpaired) electrons. The van der Waals surface area contributed by atoms with E-state index in [1.807, 2.05) is 0 Å². The van der Waals surface area contributed by atoms with E-state index in [0.29, 0.717) is 17.1 Å². The second kappa shape index (κ2) is 4.28. The first kappa shape index (κ1) is 11.2. The summed E-state index contributed by atoms with van der Waals surface area (Å²) in [6.45, 7) is 3.50. The number of aromatic amines is 1. The Hall–Kier alpha value is -2.31. The summed E-state index contributed by atoms with van der Waals surface area (Å²) in [5.74, 6) is 1.16. The van der Waals surface area contributed by atoms with E-state index in [9.17, 15) is 4.79 Å². The third kappa shape index (κ3) is 2.27. The zero-order chi connectivity index (χ0) is 12.4. The molecule has 2 heterocycles. The molecule has 1 amide bonds. The van der Waals surface area contributed by atoms with Crippen LogP contribution >= 0.6 is 0 Å². The SMILES string of the molecule is COc1n[nH]c(NC(=O)c2cc(C)oc2C)n1. The van der Waals surface area contributed by atoms with Gasteiger partial charge in [-0.3, -0.25) is 10.1 Å². The molecule has 17 heavy (non-hydrogen) atoms. The van der Waals surface area contributed by atoms with Crippen LogP contribution in [0.2, 0.25) is 0 Å². The molecule has 0 spiro atoms. The summed E-state index contributed by atoms with van der Waals surface area (Å²) in [6.07, 6.45) is 0. The van der Waals surface area contributed by atoms with Gasteiger partial charge in [0.05, 0.1) is 12.7 Å². The van der Waals surface area contributed by atoms with Gasteiger partial charge in [-0.2, -0.15) is 4.98 Å². The first-order chi connectivity index (χ1) is 8.10. The fraction of sp³-hybridized carbons (Fsp3) is 0.300. The van der Waals surface area contributed by atoms with Gasteiger partial charge in [-0.05, 0) is 19.9 Å². The number of aromatic nitrogens is 3. The zero-order valence-corrected chi connectivity index (χ0v) is 9.70. The highest BCUT2D eigenvalue weighted by atomic mass is 16.5. The minimum atomic E-state index is -0.307. The van der Waals surface area contributed by atoms with Crippen molar-refractivity contribution < 1.29 is 13.9 Å². The molecule has 2 aromatic rings. The number of aryl methyl sites for hydroxylation is 2. The summed E-state index contributed by atoms with van der Waals surface area (Å²) in [7, 11) is 1.44. The molecule has 0 saturated carbocycles. The molecule has 2 aromatic heterocycles. The van der Waals surface area contributed by atoms with Crippen molar-refractivity contribution in [2.45, 2.75) is 13.8 Å². The second-order valence-corrected chi connectivity index (χ2v) is 3.45. The Bertz CT molecular complexity index is 543. The van der Waals surface area contributed by atoms with Crippen molar-refractivity contribution in [1.82, 2.24) is 15.2 Å². The summed E-state index contributed by atoms with van der Waals surface area (Å²) >= 11 is 0. The van der Waals surface area contributed by atoms with Crippen LogP contribution in [0.3, 0.4) is 0 Å². The Morgan fingerprint density at radius 3 is 2.82 bits per heavy atom. The van der Waals surface area contributed by atoms with E-state index in [-0.39, 0.29) is 17.9 Å². The number of nitrogens with zero attached hydrogens (tertiary/aromatic N) is 2. The second-order valence-electron chi connectivity index (χ2n) is 3.45. The Kier molecular flexibility index (Phi) is 2.82. The largest absolute Gasteiger partial charge is 0.466 e. The van der Waals surface area contributed by atoms with Crippen LogP contribution in [0.15, 0.2) is 10.5 Å². The van der Waals surface area contributed by atoms with Gasteiger partial charge in [-0.1, -0.05) is 0 Å². The standard InChI is InChI=1S/C10H12N4O3/c1-5-4-7(6(2)17-5)8(15)11-9-12-10(16-3)14-13-9/h4H,1-3H3,(H2,11,12,13,14,15). The third-order valence-electron chi connectivity index (χ3n) is 2.17. The van der Waals surface area contributed by atoms with Crippen molar-refractivity contribution in [3.05, 3.63) is 23.2 Å². The van der Waals surface area contributed by atoms with Crippen LogP contribution in [0.25, 0.3) is 0 Å². The molecule has 0 atom stereocenters. The lowest BCUT2D eigenvalue weighted by atomic mass is 10.2. The molecule has 0 aliphatic carbocycles. The number of nitrogens with one attached hydrogen (secondary N) is 2. The Morgan fingerprint density at radius 1 is 1.53 bits per heavy atom. The van der Waals surface area contributed by atoms with E-state index in [1.54, 1.807) is 19.9 Å². The lowest BCUT2D eigenvalue weighted by Gasteiger charge is -1.98. The summed E-state index contributed by atoms with van der Waals surface area (Å²) in [5.41, 5.74) is 0.470.